The number of aryl methyl sites for hydroxylation is 2. The van der Waals surface area contributed by atoms with Gasteiger partial charge in [-0.1, -0.05) is 30.3 Å². The second kappa shape index (κ2) is 8.81. The van der Waals surface area contributed by atoms with Gasteiger partial charge in [0.25, 0.3) is 0 Å². The predicted molar refractivity (Wildman–Crippen MR) is 114 cm³/mol. The van der Waals surface area contributed by atoms with Gasteiger partial charge in [0.05, 0.1) is 16.2 Å². The zero-order chi connectivity index (χ0) is 19.7. The number of aromatic nitrogens is 1. The molecule has 1 aromatic heterocycles. The molecule has 2 aliphatic rings. The molecule has 0 radical (unpaired) electrons. The Kier molecular flexibility index (Phi) is 6.61. The SMILES string of the molecule is Cc1nc(CCC(=O)N2CC[C@]3(c4ccccc4)[C@@H](C2)OCC(=O)N3C)cs1.Cl. The van der Waals surface area contributed by atoms with Gasteiger partial charge in [0.2, 0.25) is 11.8 Å². The minimum absolute atomic E-state index is 0. The van der Waals surface area contributed by atoms with Crippen LogP contribution in [0.1, 0.15) is 29.1 Å². The van der Waals surface area contributed by atoms with Crippen LogP contribution in [0.3, 0.4) is 0 Å². The van der Waals surface area contributed by atoms with E-state index in [0.29, 0.717) is 32.4 Å². The monoisotopic (exact) mass is 435 g/mol. The van der Waals surface area contributed by atoms with Crippen LogP contribution in [0.2, 0.25) is 0 Å². The van der Waals surface area contributed by atoms with E-state index in [1.54, 1.807) is 11.3 Å². The molecule has 29 heavy (non-hydrogen) atoms. The second-order valence-corrected chi connectivity index (χ2v) is 8.55. The fourth-order valence-corrected chi connectivity index (χ4v) is 5.01. The van der Waals surface area contributed by atoms with Crippen LogP contribution < -0.4 is 0 Å². The van der Waals surface area contributed by atoms with E-state index in [1.165, 1.54) is 0 Å². The summed E-state index contributed by atoms with van der Waals surface area (Å²) >= 11 is 1.61. The number of nitrogens with zero attached hydrogens (tertiary/aromatic N) is 3. The second-order valence-electron chi connectivity index (χ2n) is 7.49. The average Bonchev–Trinajstić information content (AvgIpc) is 3.14. The number of fused-ring (bicyclic) bond motifs is 1. The van der Waals surface area contributed by atoms with Gasteiger partial charge in [0.15, 0.2) is 0 Å². The van der Waals surface area contributed by atoms with Crippen molar-refractivity contribution >= 4 is 35.6 Å². The van der Waals surface area contributed by atoms with Crippen molar-refractivity contribution in [1.29, 1.82) is 0 Å². The summed E-state index contributed by atoms with van der Waals surface area (Å²) < 4.78 is 5.97. The van der Waals surface area contributed by atoms with E-state index in [4.69, 9.17) is 4.74 Å². The first-order valence-electron chi connectivity index (χ1n) is 9.63. The lowest BCUT2D eigenvalue weighted by molar-refractivity contribution is -0.184. The maximum Gasteiger partial charge on any atom is 0.249 e. The van der Waals surface area contributed by atoms with Crippen molar-refractivity contribution < 1.29 is 14.3 Å². The molecule has 6 nitrogen and oxygen atoms in total. The molecule has 2 saturated heterocycles. The van der Waals surface area contributed by atoms with Gasteiger partial charge >= 0.3 is 0 Å². The van der Waals surface area contributed by atoms with Gasteiger partial charge in [0.1, 0.15) is 12.7 Å². The molecular formula is C21H26ClN3O3S. The molecule has 4 rings (SSSR count). The first-order valence-corrected chi connectivity index (χ1v) is 10.5. The molecule has 156 valence electrons. The van der Waals surface area contributed by atoms with Gasteiger partial charge in [-0.2, -0.15) is 0 Å². The lowest BCUT2D eigenvalue weighted by Crippen LogP contribution is -2.67. The molecule has 0 aliphatic carbocycles. The smallest absolute Gasteiger partial charge is 0.249 e. The molecule has 2 fully saturated rings. The molecule has 2 amide bonds. The van der Waals surface area contributed by atoms with Crippen molar-refractivity contribution in [2.75, 3.05) is 26.7 Å². The van der Waals surface area contributed by atoms with E-state index < -0.39 is 5.54 Å². The minimum atomic E-state index is -0.514. The first-order chi connectivity index (χ1) is 13.5. The normalized spacial score (nSPS) is 24.1. The minimum Gasteiger partial charge on any atom is -0.364 e. The molecule has 0 saturated carbocycles. The number of hydrogen-bond acceptors (Lipinski definition) is 5. The Labute approximate surface area is 181 Å². The van der Waals surface area contributed by atoms with E-state index in [0.717, 1.165) is 16.3 Å². The van der Waals surface area contributed by atoms with Gasteiger partial charge in [0, 0.05) is 31.9 Å². The molecule has 2 aromatic rings. The fourth-order valence-electron chi connectivity index (χ4n) is 4.37. The van der Waals surface area contributed by atoms with Crippen molar-refractivity contribution in [3.05, 3.63) is 52.0 Å². The van der Waals surface area contributed by atoms with Gasteiger partial charge < -0.3 is 14.5 Å². The Morgan fingerprint density at radius 3 is 2.79 bits per heavy atom. The molecule has 8 heteroatoms. The van der Waals surface area contributed by atoms with Crippen molar-refractivity contribution in [2.45, 2.75) is 37.8 Å². The lowest BCUT2D eigenvalue weighted by atomic mass is 9.76. The van der Waals surface area contributed by atoms with E-state index in [1.807, 2.05) is 59.5 Å². The molecule has 0 spiro atoms. The molecule has 2 aliphatic heterocycles. The number of rotatable bonds is 4. The van der Waals surface area contributed by atoms with Crippen LogP contribution in [0, 0.1) is 6.92 Å². The summed E-state index contributed by atoms with van der Waals surface area (Å²) in [5.41, 5.74) is 1.53. The molecule has 0 N–H and O–H groups in total. The third kappa shape index (κ3) is 4.04. The van der Waals surface area contributed by atoms with E-state index >= 15 is 0 Å². The summed E-state index contributed by atoms with van der Waals surface area (Å²) in [5.74, 6) is 0.106. The maximum absolute atomic E-state index is 12.8. The summed E-state index contributed by atoms with van der Waals surface area (Å²) in [4.78, 5) is 33.4. The summed E-state index contributed by atoms with van der Waals surface area (Å²) in [6, 6.07) is 10.0. The maximum atomic E-state index is 12.8. The van der Waals surface area contributed by atoms with Crippen LogP contribution in [-0.4, -0.2) is 59.4 Å². The first kappa shape index (κ1) is 21.7. The third-order valence-electron chi connectivity index (χ3n) is 5.95. The number of benzene rings is 1. The highest BCUT2D eigenvalue weighted by Crippen LogP contribution is 2.42. The molecule has 0 unspecified atom stereocenters. The zero-order valence-corrected chi connectivity index (χ0v) is 18.3. The number of likely N-dealkylation sites (N-methyl/N-ethyl adjacent to an activating group) is 1. The number of carbonyl (C=O) groups is 2. The number of thiazole rings is 1. The van der Waals surface area contributed by atoms with Crippen LogP contribution in [0.15, 0.2) is 35.7 Å². The Balaban J connectivity index is 0.00000240. The number of piperidine rings is 1. The van der Waals surface area contributed by atoms with Crippen LogP contribution in [0.25, 0.3) is 0 Å². The number of halogens is 1. The number of amides is 2. The topological polar surface area (TPSA) is 62.7 Å². The number of ether oxygens (including phenoxy) is 1. The van der Waals surface area contributed by atoms with Crippen molar-refractivity contribution in [3.63, 3.8) is 0 Å². The van der Waals surface area contributed by atoms with Crippen molar-refractivity contribution in [3.8, 4) is 0 Å². The fraction of sp³-hybridized carbons (Fsp3) is 0.476. The van der Waals surface area contributed by atoms with E-state index in [-0.39, 0.29) is 36.9 Å². The van der Waals surface area contributed by atoms with E-state index in [9.17, 15) is 9.59 Å². The average molecular weight is 436 g/mol. The van der Waals surface area contributed by atoms with Gasteiger partial charge in [-0.3, -0.25) is 9.59 Å². The number of likely N-dealkylation sites (tertiary alicyclic amines) is 1. The van der Waals surface area contributed by atoms with Crippen LogP contribution in [0.4, 0.5) is 0 Å². The largest absolute Gasteiger partial charge is 0.364 e. The summed E-state index contributed by atoms with van der Waals surface area (Å²) in [6.45, 7) is 3.15. The highest BCUT2D eigenvalue weighted by atomic mass is 35.5. The molecule has 3 heterocycles. The third-order valence-corrected chi connectivity index (χ3v) is 6.77. The van der Waals surface area contributed by atoms with Gasteiger partial charge in [-0.15, -0.1) is 23.7 Å². The lowest BCUT2D eigenvalue weighted by Gasteiger charge is -2.54. The number of hydrogen-bond donors (Lipinski definition) is 0. The van der Waals surface area contributed by atoms with Crippen LogP contribution in [-0.2, 0) is 26.3 Å². The summed E-state index contributed by atoms with van der Waals surface area (Å²) in [7, 11) is 1.85. The number of morpholine rings is 1. The standard InChI is InChI=1S/C21H25N3O3S.ClH/c1-15-22-17(14-28-15)8-9-19(25)24-11-10-21(16-6-4-3-5-7-16)18(12-24)27-13-20(26)23(21)2;/h3-7,14,18H,8-13H2,1-2H3;1H/t18-,21+;/m1./s1. The molecule has 1 aromatic carbocycles. The summed E-state index contributed by atoms with van der Waals surface area (Å²) in [6.07, 6.45) is 1.55. The quantitative estimate of drug-likeness (QED) is 0.740. The molecule has 0 bridgehead atoms. The van der Waals surface area contributed by atoms with Crippen molar-refractivity contribution in [1.82, 2.24) is 14.8 Å². The Hall–Kier alpha value is -1.96. The molecule has 2 atom stereocenters. The van der Waals surface area contributed by atoms with Crippen LogP contribution in [0.5, 0.6) is 0 Å². The highest BCUT2D eigenvalue weighted by molar-refractivity contribution is 7.09. The van der Waals surface area contributed by atoms with E-state index in [2.05, 4.69) is 4.98 Å². The van der Waals surface area contributed by atoms with Gasteiger partial charge in [-0.25, -0.2) is 4.98 Å². The zero-order valence-electron chi connectivity index (χ0n) is 16.7. The highest BCUT2D eigenvalue weighted by Gasteiger charge is 2.53. The Morgan fingerprint density at radius 1 is 1.34 bits per heavy atom. The predicted octanol–water partition coefficient (Wildman–Crippen LogP) is 2.79. The Morgan fingerprint density at radius 2 is 2.10 bits per heavy atom. The van der Waals surface area contributed by atoms with Crippen molar-refractivity contribution in [2.24, 2.45) is 0 Å². The van der Waals surface area contributed by atoms with Crippen LogP contribution >= 0.6 is 23.7 Å². The van der Waals surface area contributed by atoms with Gasteiger partial charge in [-0.05, 0) is 25.3 Å². The number of carbonyl (C=O) groups excluding carboxylic acids is 2. The Bertz CT molecular complexity index is 875. The molecular weight excluding hydrogens is 410 g/mol. The summed E-state index contributed by atoms with van der Waals surface area (Å²) in [5, 5.41) is 3.04.